The number of furan rings is 1. The number of hydroxylamine groups is 2. The van der Waals surface area contributed by atoms with E-state index in [-0.39, 0.29) is 5.75 Å². The number of para-hydroxylation sites is 1. The second-order valence-electron chi connectivity index (χ2n) is 4.86. The summed E-state index contributed by atoms with van der Waals surface area (Å²) in [6, 6.07) is 8.84. The Kier molecular flexibility index (Phi) is 2.95. The second-order valence-corrected chi connectivity index (χ2v) is 4.86. The van der Waals surface area contributed by atoms with E-state index in [0.717, 1.165) is 10.8 Å². The summed E-state index contributed by atoms with van der Waals surface area (Å²) in [7, 11) is 0. The van der Waals surface area contributed by atoms with Gasteiger partial charge in [-0.3, -0.25) is 5.21 Å². The van der Waals surface area contributed by atoms with Crippen molar-refractivity contribution in [2.75, 3.05) is 0 Å². The van der Waals surface area contributed by atoms with Crippen molar-refractivity contribution in [3.63, 3.8) is 0 Å². The number of carbonyl (C=O) groups is 1. The Morgan fingerprint density at radius 3 is 2.67 bits per heavy atom. The van der Waals surface area contributed by atoms with Gasteiger partial charge in [0.05, 0.1) is 6.04 Å². The number of hydrogen-bond donors (Lipinski definition) is 3. The lowest BCUT2D eigenvalue weighted by molar-refractivity contribution is -0.0714. The molecule has 1 aromatic heterocycles. The molecular formula is C15H14N2O4. The highest BCUT2D eigenvalue weighted by atomic mass is 16.5. The molecule has 1 atom stereocenters. The molecule has 0 saturated carbocycles. The van der Waals surface area contributed by atoms with Gasteiger partial charge >= 0.3 is 6.03 Å². The van der Waals surface area contributed by atoms with Gasteiger partial charge < -0.3 is 15.3 Å². The number of nitrogens with zero attached hydrogens (tertiary/aromatic N) is 1. The van der Waals surface area contributed by atoms with Gasteiger partial charge in [-0.2, -0.15) is 5.06 Å². The van der Waals surface area contributed by atoms with Crippen LogP contribution in [0.2, 0.25) is 0 Å². The van der Waals surface area contributed by atoms with Crippen LogP contribution in [-0.4, -0.2) is 21.4 Å². The standard InChI is InChI=1S/C15H14N2O4/c1-8(17(20)15(16)19)10-7-14-11(6-12(10)18)9-4-2-3-5-13(9)21-14/h2-8,18,20H,1H3,(H2,16,19). The van der Waals surface area contributed by atoms with Gasteiger partial charge in [-0.1, -0.05) is 18.2 Å². The summed E-state index contributed by atoms with van der Waals surface area (Å²) in [6.07, 6.45) is 0. The second kappa shape index (κ2) is 4.68. The number of amides is 2. The van der Waals surface area contributed by atoms with Crippen LogP contribution in [0.25, 0.3) is 21.9 Å². The summed E-state index contributed by atoms with van der Waals surface area (Å²) in [6.45, 7) is 1.55. The quantitative estimate of drug-likeness (QED) is 0.497. The monoisotopic (exact) mass is 286 g/mol. The summed E-state index contributed by atoms with van der Waals surface area (Å²) >= 11 is 0. The molecule has 1 heterocycles. The smallest absolute Gasteiger partial charge is 0.339 e. The highest BCUT2D eigenvalue weighted by Gasteiger charge is 2.22. The van der Waals surface area contributed by atoms with Crippen molar-refractivity contribution in [2.45, 2.75) is 13.0 Å². The molecule has 6 heteroatoms. The van der Waals surface area contributed by atoms with Gasteiger partial charge in [-0.05, 0) is 25.1 Å². The van der Waals surface area contributed by atoms with Crippen molar-refractivity contribution in [1.29, 1.82) is 0 Å². The molecule has 0 bridgehead atoms. The fraction of sp³-hybridized carbons (Fsp3) is 0.133. The van der Waals surface area contributed by atoms with Crippen molar-refractivity contribution in [3.05, 3.63) is 42.0 Å². The molecule has 108 valence electrons. The summed E-state index contributed by atoms with van der Waals surface area (Å²) < 4.78 is 5.71. The van der Waals surface area contributed by atoms with E-state index < -0.39 is 12.1 Å². The minimum Gasteiger partial charge on any atom is -0.508 e. The van der Waals surface area contributed by atoms with E-state index in [1.165, 1.54) is 0 Å². The van der Waals surface area contributed by atoms with Crippen LogP contribution < -0.4 is 5.73 Å². The third kappa shape index (κ3) is 2.05. The average Bonchev–Trinajstić information content (AvgIpc) is 2.82. The molecule has 0 fully saturated rings. The molecule has 6 nitrogen and oxygen atoms in total. The number of primary amides is 1. The summed E-state index contributed by atoms with van der Waals surface area (Å²) in [4.78, 5) is 11.0. The topological polar surface area (TPSA) is 99.9 Å². The van der Waals surface area contributed by atoms with E-state index in [1.54, 1.807) is 19.1 Å². The third-order valence-electron chi connectivity index (χ3n) is 3.57. The SMILES string of the molecule is CC(c1cc2oc3ccccc3c2cc1O)N(O)C(N)=O. The number of phenols is 1. The lowest BCUT2D eigenvalue weighted by Gasteiger charge is -2.21. The van der Waals surface area contributed by atoms with Crippen LogP contribution in [0, 0.1) is 0 Å². The molecule has 2 amide bonds. The predicted octanol–water partition coefficient (Wildman–Crippen LogP) is 3.12. The lowest BCUT2D eigenvalue weighted by atomic mass is 10.0. The Labute approximate surface area is 119 Å². The maximum absolute atomic E-state index is 11.0. The Morgan fingerprint density at radius 1 is 1.24 bits per heavy atom. The van der Waals surface area contributed by atoms with Gasteiger partial charge in [-0.15, -0.1) is 0 Å². The zero-order chi connectivity index (χ0) is 15.1. The van der Waals surface area contributed by atoms with Crippen molar-refractivity contribution in [2.24, 2.45) is 5.73 Å². The number of nitrogens with two attached hydrogens (primary N) is 1. The Bertz CT molecular complexity index is 840. The van der Waals surface area contributed by atoms with Gasteiger partial charge in [0.1, 0.15) is 16.9 Å². The molecule has 0 spiro atoms. The minimum absolute atomic E-state index is 0.0400. The zero-order valence-electron chi connectivity index (χ0n) is 11.3. The largest absolute Gasteiger partial charge is 0.508 e. The molecule has 2 aromatic carbocycles. The predicted molar refractivity (Wildman–Crippen MR) is 77.0 cm³/mol. The number of phenolic OH excluding ortho intramolecular Hbond substituents is 1. The van der Waals surface area contributed by atoms with Crippen molar-refractivity contribution >= 4 is 28.0 Å². The molecule has 0 aliphatic carbocycles. The fourth-order valence-corrected chi connectivity index (χ4v) is 2.43. The number of urea groups is 1. The van der Waals surface area contributed by atoms with Crippen LogP contribution in [0.5, 0.6) is 5.75 Å². The zero-order valence-corrected chi connectivity index (χ0v) is 11.3. The number of hydrogen-bond acceptors (Lipinski definition) is 4. The number of carbonyl (C=O) groups excluding carboxylic acids is 1. The van der Waals surface area contributed by atoms with Crippen LogP contribution >= 0.6 is 0 Å². The van der Waals surface area contributed by atoms with Gasteiger partial charge in [0, 0.05) is 16.3 Å². The first-order valence-electron chi connectivity index (χ1n) is 6.40. The first-order chi connectivity index (χ1) is 9.99. The van der Waals surface area contributed by atoms with Crippen LogP contribution in [-0.2, 0) is 0 Å². The van der Waals surface area contributed by atoms with Crippen LogP contribution in [0.1, 0.15) is 18.5 Å². The van der Waals surface area contributed by atoms with E-state index in [2.05, 4.69) is 0 Å². The van der Waals surface area contributed by atoms with E-state index in [0.29, 0.717) is 21.8 Å². The molecule has 0 radical (unpaired) electrons. The molecule has 3 aromatic rings. The highest BCUT2D eigenvalue weighted by molar-refractivity contribution is 6.05. The van der Waals surface area contributed by atoms with Gasteiger partial charge in [0.15, 0.2) is 0 Å². The fourth-order valence-electron chi connectivity index (χ4n) is 2.43. The number of benzene rings is 2. The summed E-state index contributed by atoms with van der Waals surface area (Å²) in [5.74, 6) is -0.0400. The summed E-state index contributed by atoms with van der Waals surface area (Å²) in [5, 5.41) is 21.8. The molecule has 21 heavy (non-hydrogen) atoms. The first kappa shape index (κ1) is 13.3. The average molecular weight is 286 g/mol. The maximum atomic E-state index is 11.0. The first-order valence-corrected chi connectivity index (χ1v) is 6.40. The number of fused-ring (bicyclic) bond motifs is 3. The molecular weight excluding hydrogens is 272 g/mol. The van der Waals surface area contributed by atoms with E-state index in [1.807, 2.05) is 24.3 Å². The lowest BCUT2D eigenvalue weighted by Crippen LogP contribution is -2.34. The molecule has 3 rings (SSSR count). The Balaban J connectivity index is 2.19. The Morgan fingerprint density at radius 2 is 1.95 bits per heavy atom. The molecule has 0 aliphatic heterocycles. The minimum atomic E-state index is -0.994. The van der Waals surface area contributed by atoms with Gasteiger partial charge in [0.25, 0.3) is 0 Å². The third-order valence-corrected chi connectivity index (χ3v) is 3.57. The van der Waals surface area contributed by atoms with E-state index >= 15 is 0 Å². The van der Waals surface area contributed by atoms with Crippen molar-refractivity contribution in [3.8, 4) is 5.75 Å². The molecule has 0 saturated heterocycles. The molecule has 1 unspecified atom stereocenters. The van der Waals surface area contributed by atoms with Crippen molar-refractivity contribution in [1.82, 2.24) is 5.06 Å². The van der Waals surface area contributed by atoms with E-state index in [9.17, 15) is 15.1 Å². The maximum Gasteiger partial charge on any atom is 0.339 e. The normalized spacial score (nSPS) is 12.7. The van der Waals surface area contributed by atoms with Crippen LogP contribution in [0.3, 0.4) is 0 Å². The number of rotatable bonds is 2. The number of aromatic hydroxyl groups is 1. The van der Waals surface area contributed by atoms with Gasteiger partial charge in [-0.25, -0.2) is 4.79 Å². The van der Waals surface area contributed by atoms with Crippen LogP contribution in [0.4, 0.5) is 4.79 Å². The summed E-state index contributed by atoms with van der Waals surface area (Å²) in [5.41, 5.74) is 6.65. The van der Waals surface area contributed by atoms with Crippen LogP contribution in [0.15, 0.2) is 40.8 Å². The molecule has 0 aliphatic rings. The Hall–Kier alpha value is -2.73. The van der Waals surface area contributed by atoms with Gasteiger partial charge in [0.2, 0.25) is 0 Å². The highest BCUT2D eigenvalue weighted by Crippen LogP contribution is 2.36. The van der Waals surface area contributed by atoms with E-state index in [4.69, 9.17) is 10.2 Å². The molecule has 4 N–H and O–H groups in total. The van der Waals surface area contributed by atoms with Crippen molar-refractivity contribution < 1.29 is 19.5 Å².